The van der Waals surface area contributed by atoms with Crippen molar-refractivity contribution >= 4 is 17.5 Å². The number of hydrogen-bond donors (Lipinski definition) is 1. The minimum atomic E-state index is -0.647. The highest BCUT2D eigenvalue weighted by atomic mass is 16.6. The largest absolute Gasteiger partial charge is 0.465 e. The topological polar surface area (TPSA) is 97.6 Å². The quantitative estimate of drug-likeness (QED) is 0.464. The molecule has 2 aromatic rings. The van der Waals surface area contributed by atoms with Crippen molar-refractivity contribution < 1.29 is 14.5 Å². The second kappa shape index (κ2) is 8.79. The van der Waals surface area contributed by atoms with Crippen molar-refractivity contribution in [1.29, 1.82) is 0 Å². The number of methoxy groups -OCH3 is 1. The van der Waals surface area contributed by atoms with Crippen molar-refractivity contribution in [3.05, 3.63) is 63.3 Å². The minimum Gasteiger partial charge on any atom is -0.465 e. The van der Waals surface area contributed by atoms with Gasteiger partial charge < -0.3 is 10.1 Å². The first-order valence-corrected chi connectivity index (χ1v) is 9.24. The number of hydrogen-bond acceptors (Lipinski definition) is 7. The molecule has 0 atom stereocenters. The standard InChI is InChI=1S/C20H24N4O4/c1-14-5-3-4-6-15(14)13-23-9-7-17(8-10-23)22-19-18(24(26)27)11-16(12-21-19)20(25)28-2/h3-6,11-12,17H,7-10,13H2,1-2H3,(H,21,22). The lowest BCUT2D eigenvalue weighted by molar-refractivity contribution is -0.384. The van der Waals surface area contributed by atoms with E-state index in [1.54, 1.807) is 0 Å². The summed E-state index contributed by atoms with van der Waals surface area (Å²) >= 11 is 0. The number of benzene rings is 1. The maximum absolute atomic E-state index is 11.6. The summed E-state index contributed by atoms with van der Waals surface area (Å²) in [5.41, 5.74) is 2.45. The number of rotatable bonds is 6. The normalized spacial score (nSPS) is 15.2. The van der Waals surface area contributed by atoms with Gasteiger partial charge in [0.15, 0.2) is 0 Å². The molecule has 0 amide bonds. The lowest BCUT2D eigenvalue weighted by Gasteiger charge is -2.32. The zero-order valence-corrected chi connectivity index (χ0v) is 16.1. The van der Waals surface area contributed by atoms with Gasteiger partial charge in [-0.3, -0.25) is 15.0 Å². The molecule has 1 saturated heterocycles. The maximum Gasteiger partial charge on any atom is 0.339 e. The van der Waals surface area contributed by atoms with Gasteiger partial charge in [-0.2, -0.15) is 0 Å². The number of aromatic nitrogens is 1. The van der Waals surface area contributed by atoms with Crippen LogP contribution in [0.3, 0.4) is 0 Å². The molecule has 0 bridgehead atoms. The van der Waals surface area contributed by atoms with Crippen LogP contribution in [0.4, 0.5) is 11.5 Å². The van der Waals surface area contributed by atoms with E-state index in [9.17, 15) is 14.9 Å². The predicted octanol–water partition coefficient (Wildman–Crippen LogP) is 3.16. The van der Waals surface area contributed by atoms with Gasteiger partial charge in [0.25, 0.3) is 0 Å². The Morgan fingerprint density at radius 1 is 1.36 bits per heavy atom. The first-order valence-electron chi connectivity index (χ1n) is 9.24. The number of carbonyl (C=O) groups excluding carboxylic acids is 1. The molecule has 1 aromatic heterocycles. The van der Waals surface area contributed by atoms with E-state index in [1.165, 1.54) is 30.5 Å². The monoisotopic (exact) mass is 384 g/mol. The van der Waals surface area contributed by atoms with Crippen LogP contribution in [0.2, 0.25) is 0 Å². The van der Waals surface area contributed by atoms with Gasteiger partial charge >= 0.3 is 11.7 Å². The number of likely N-dealkylation sites (tertiary alicyclic amines) is 1. The van der Waals surface area contributed by atoms with E-state index in [2.05, 4.69) is 45.1 Å². The highest BCUT2D eigenvalue weighted by Gasteiger charge is 2.24. The molecule has 2 heterocycles. The molecule has 3 rings (SSSR count). The van der Waals surface area contributed by atoms with Crippen LogP contribution in [0.25, 0.3) is 0 Å². The first-order chi connectivity index (χ1) is 13.5. The second-order valence-electron chi connectivity index (χ2n) is 6.96. The second-order valence-corrected chi connectivity index (χ2v) is 6.96. The molecule has 28 heavy (non-hydrogen) atoms. The van der Waals surface area contributed by atoms with Gasteiger partial charge in [-0.05, 0) is 30.9 Å². The fourth-order valence-corrected chi connectivity index (χ4v) is 3.39. The van der Waals surface area contributed by atoms with Crippen LogP contribution in [0.1, 0.15) is 34.3 Å². The van der Waals surface area contributed by atoms with E-state index in [4.69, 9.17) is 0 Å². The van der Waals surface area contributed by atoms with E-state index in [-0.39, 0.29) is 23.1 Å². The summed E-state index contributed by atoms with van der Waals surface area (Å²) in [7, 11) is 1.23. The van der Waals surface area contributed by atoms with Gasteiger partial charge in [0.2, 0.25) is 5.82 Å². The highest BCUT2D eigenvalue weighted by molar-refractivity contribution is 5.90. The average Bonchev–Trinajstić information content (AvgIpc) is 2.70. The van der Waals surface area contributed by atoms with E-state index in [0.29, 0.717) is 0 Å². The zero-order chi connectivity index (χ0) is 20.1. The van der Waals surface area contributed by atoms with E-state index >= 15 is 0 Å². The Kier molecular flexibility index (Phi) is 6.20. The average molecular weight is 384 g/mol. The number of piperidine rings is 1. The van der Waals surface area contributed by atoms with Gasteiger partial charge in [-0.1, -0.05) is 24.3 Å². The Balaban J connectivity index is 1.62. The number of anilines is 1. The van der Waals surface area contributed by atoms with Gasteiger partial charge in [0, 0.05) is 37.9 Å². The SMILES string of the molecule is COC(=O)c1cnc(NC2CCN(Cc3ccccc3C)CC2)c([N+](=O)[O-])c1. The third kappa shape index (κ3) is 4.64. The maximum atomic E-state index is 11.6. The number of nitrogens with zero attached hydrogens (tertiary/aromatic N) is 3. The fraction of sp³-hybridized carbons (Fsp3) is 0.400. The molecule has 1 N–H and O–H groups in total. The molecule has 1 fully saturated rings. The van der Waals surface area contributed by atoms with E-state index < -0.39 is 10.9 Å². The first kappa shape index (κ1) is 19.8. The van der Waals surface area contributed by atoms with Crippen molar-refractivity contribution in [2.24, 2.45) is 0 Å². The molecule has 0 radical (unpaired) electrons. The van der Waals surface area contributed by atoms with Crippen LogP contribution in [0.5, 0.6) is 0 Å². The molecule has 1 aliphatic rings. The molecule has 8 nitrogen and oxygen atoms in total. The van der Waals surface area contributed by atoms with Gasteiger partial charge in [0.05, 0.1) is 17.6 Å². The molecule has 1 aromatic carbocycles. The van der Waals surface area contributed by atoms with Crippen LogP contribution in [-0.2, 0) is 11.3 Å². The Hall–Kier alpha value is -3.00. The van der Waals surface area contributed by atoms with Crippen molar-refractivity contribution in [3.63, 3.8) is 0 Å². The smallest absolute Gasteiger partial charge is 0.339 e. The summed E-state index contributed by atoms with van der Waals surface area (Å²) in [5, 5.41) is 14.6. The summed E-state index contributed by atoms with van der Waals surface area (Å²) in [5.74, 6) is -0.457. The fourth-order valence-electron chi connectivity index (χ4n) is 3.39. The van der Waals surface area contributed by atoms with Crippen molar-refractivity contribution in [1.82, 2.24) is 9.88 Å². The summed E-state index contributed by atoms with van der Waals surface area (Å²) in [4.78, 5) is 28.9. The Labute approximate surface area is 163 Å². The van der Waals surface area contributed by atoms with Crippen LogP contribution < -0.4 is 5.32 Å². The summed E-state index contributed by atoms with van der Waals surface area (Å²) in [6.45, 7) is 4.83. The summed E-state index contributed by atoms with van der Waals surface area (Å²) in [6.07, 6.45) is 3.03. The third-order valence-electron chi connectivity index (χ3n) is 5.07. The number of nitrogens with one attached hydrogen (secondary N) is 1. The zero-order valence-electron chi connectivity index (χ0n) is 16.1. The number of esters is 1. The van der Waals surface area contributed by atoms with Crippen LogP contribution in [-0.4, -0.2) is 47.0 Å². The number of aryl methyl sites for hydroxylation is 1. The molecule has 0 spiro atoms. The Morgan fingerprint density at radius 3 is 2.71 bits per heavy atom. The Bertz CT molecular complexity index is 863. The van der Waals surface area contributed by atoms with E-state index in [1.807, 2.05) is 6.07 Å². The Morgan fingerprint density at radius 2 is 2.07 bits per heavy atom. The molecular weight excluding hydrogens is 360 g/mol. The van der Waals surface area contributed by atoms with Crippen molar-refractivity contribution in [2.45, 2.75) is 32.4 Å². The molecule has 0 unspecified atom stereocenters. The van der Waals surface area contributed by atoms with Gasteiger partial charge in [-0.25, -0.2) is 9.78 Å². The van der Waals surface area contributed by atoms with Gasteiger partial charge in [-0.15, -0.1) is 0 Å². The lowest BCUT2D eigenvalue weighted by Crippen LogP contribution is -2.39. The molecule has 8 heteroatoms. The number of ether oxygens (including phenoxy) is 1. The van der Waals surface area contributed by atoms with Crippen LogP contribution in [0, 0.1) is 17.0 Å². The van der Waals surface area contributed by atoms with Crippen molar-refractivity contribution in [2.75, 3.05) is 25.5 Å². The number of carbonyl (C=O) groups is 1. The summed E-state index contributed by atoms with van der Waals surface area (Å²) < 4.78 is 4.60. The van der Waals surface area contributed by atoms with Crippen LogP contribution in [0.15, 0.2) is 36.5 Å². The number of pyridine rings is 1. The van der Waals surface area contributed by atoms with E-state index in [0.717, 1.165) is 32.5 Å². The lowest BCUT2D eigenvalue weighted by atomic mass is 10.0. The third-order valence-corrected chi connectivity index (χ3v) is 5.07. The van der Waals surface area contributed by atoms with Crippen LogP contribution >= 0.6 is 0 Å². The predicted molar refractivity (Wildman–Crippen MR) is 105 cm³/mol. The molecule has 1 aliphatic heterocycles. The number of nitro groups is 1. The molecule has 0 aliphatic carbocycles. The molecule has 148 valence electrons. The van der Waals surface area contributed by atoms with Crippen molar-refractivity contribution in [3.8, 4) is 0 Å². The highest BCUT2D eigenvalue weighted by Crippen LogP contribution is 2.26. The molecular formula is C20H24N4O4. The summed E-state index contributed by atoms with van der Waals surface area (Å²) in [6, 6.07) is 9.67. The molecule has 0 saturated carbocycles. The minimum absolute atomic E-state index is 0.0628. The van der Waals surface area contributed by atoms with Gasteiger partial charge in [0.1, 0.15) is 0 Å².